The van der Waals surface area contributed by atoms with Gasteiger partial charge in [-0.2, -0.15) is 0 Å². The first-order valence-electron chi connectivity index (χ1n) is 5.38. The van der Waals surface area contributed by atoms with Crippen molar-refractivity contribution in [2.75, 3.05) is 20.8 Å². The smallest absolute Gasteiger partial charge is 0.143 e. The Morgan fingerprint density at radius 3 is 2.71 bits per heavy atom. The minimum absolute atomic E-state index is 0.0952. The molecule has 1 rings (SSSR count). The number of halogens is 3. The normalized spacial score (nSPS) is 12.8. The fraction of sp³-hybridized carbons (Fsp3) is 0.500. The fourth-order valence-corrected chi connectivity index (χ4v) is 2.00. The van der Waals surface area contributed by atoms with Gasteiger partial charge >= 0.3 is 0 Å². The van der Waals surface area contributed by atoms with E-state index in [1.165, 1.54) is 12.1 Å². The standard InChI is InChI=1S/C12H16BrF2NO/c1-16-8(7-17-2)3-4-9-11(14)6-5-10(13)12(9)15/h5-6,8,16H,3-4,7H2,1-2H3. The molecule has 0 spiro atoms. The minimum Gasteiger partial charge on any atom is -0.383 e. The Labute approximate surface area is 108 Å². The second-order valence-corrected chi connectivity index (χ2v) is 4.66. The van der Waals surface area contributed by atoms with E-state index in [9.17, 15) is 8.78 Å². The molecular formula is C12H16BrF2NO. The van der Waals surface area contributed by atoms with Crippen molar-refractivity contribution in [1.29, 1.82) is 0 Å². The highest BCUT2D eigenvalue weighted by Crippen LogP contribution is 2.23. The highest BCUT2D eigenvalue weighted by atomic mass is 79.9. The van der Waals surface area contributed by atoms with Crippen LogP contribution in [0.1, 0.15) is 12.0 Å². The quantitative estimate of drug-likeness (QED) is 0.816. The van der Waals surface area contributed by atoms with E-state index in [0.717, 1.165) is 0 Å². The summed E-state index contributed by atoms with van der Waals surface area (Å²) in [4.78, 5) is 0. The second-order valence-electron chi connectivity index (χ2n) is 3.80. The van der Waals surface area contributed by atoms with Crippen LogP contribution in [-0.2, 0) is 11.2 Å². The number of methoxy groups -OCH3 is 1. The molecule has 17 heavy (non-hydrogen) atoms. The van der Waals surface area contributed by atoms with Gasteiger partial charge in [0.05, 0.1) is 11.1 Å². The van der Waals surface area contributed by atoms with Crippen molar-refractivity contribution < 1.29 is 13.5 Å². The van der Waals surface area contributed by atoms with Gasteiger partial charge < -0.3 is 10.1 Å². The van der Waals surface area contributed by atoms with Crippen molar-refractivity contribution in [3.8, 4) is 0 Å². The van der Waals surface area contributed by atoms with Crippen LogP contribution in [0, 0.1) is 11.6 Å². The van der Waals surface area contributed by atoms with Gasteiger partial charge in [-0.25, -0.2) is 8.78 Å². The molecule has 0 fully saturated rings. The van der Waals surface area contributed by atoms with Gasteiger partial charge in [0.2, 0.25) is 0 Å². The van der Waals surface area contributed by atoms with Crippen LogP contribution in [0.3, 0.4) is 0 Å². The van der Waals surface area contributed by atoms with E-state index in [1.54, 1.807) is 14.2 Å². The zero-order valence-electron chi connectivity index (χ0n) is 9.90. The van der Waals surface area contributed by atoms with Gasteiger partial charge in [-0.15, -0.1) is 0 Å². The van der Waals surface area contributed by atoms with Crippen LogP contribution in [0.4, 0.5) is 8.78 Å². The molecule has 0 aromatic heterocycles. The van der Waals surface area contributed by atoms with Gasteiger partial charge in [-0.1, -0.05) is 0 Å². The monoisotopic (exact) mass is 307 g/mol. The van der Waals surface area contributed by atoms with Crippen LogP contribution in [-0.4, -0.2) is 26.8 Å². The molecule has 0 radical (unpaired) electrons. The summed E-state index contributed by atoms with van der Waals surface area (Å²) >= 11 is 3.05. The lowest BCUT2D eigenvalue weighted by molar-refractivity contribution is 0.166. The van der Waals surface area contributed by atoms with E-state index in [2.05, 4.69) is 21.2 Å². The van der Waals surface area contributed by atoms with Crippen LogP contribution < -0.4 is 5.32 Å². The number of ether oxygens (including phenoxy) is 1. The molecule has 0 heterocycles. The number of nitrogens with one attached hydrogen (secondary N) is 1. The van der Waals surface area contributed by atoms with E-state index in [0.29, 0.717) is 23.9 Å². The largest absolute Gasteiger partial charge is 0.383 e. The second kappa shape index (κ2) is 7.03. The van der Waals surface area contributed by atoms with E-state index in [4.69, 9.17) is 4.74 Å². The van der Waals surface area contributed by atoms with Gasteiger partial charge in [0.15, 0.2) is 0 Å². The average molecular weight is 308 g/mol. The Bertz CT molecular complexity index is 374. The van der Waals surface area contributed by atoms with Crippen LogP contribution >= 0.6 is 15.9 Å². The summed E-state index contributed by atoms with van der Waals surface area (Å²) in [5.41, 5.74) is 0.121. The van der Waals surface area contributed by atoms with E-state index >= 15 is 0 Å². The number of likely N-dealkylation sites (N-methyl/N-ethyl adjacent to an activating group) is 1. The molecule has 0 amide bonds. The molecule has 0 aliphatic rings. The average Bonchev–Trinajstić information content (AvgIpc) is 2.32. The minimum atomic E-state index is -0.516. The summed E-state index contributed by atoms with van der Waals surface area (Å²) in [6.07, 6.45) is 0.959. The van der Waals surface area contributed by atoms with E-state index in [-0.39, 0.29) is 11.6 Å². The Hall–Kier alpha value is -0.520. The summed E-state index contributed by atoms with van der Waals surface area (Å²) in [6, 6.07) is 2.74. The molecule has 1 N–H and O–H groups in total. The maximum absolute atomic E-state index is 13.7. The van der Waals surface area contributed by atoms with Crippen molar-refractivity contribution in [3.05, 3.63) is 33.8 Å². The molecule has 0 saturated heterocycles. The molecule has 0 aliphatic carbocycles. The molecule has 1 unspecified atom stereocenters. The zero-order chi connectivity index (χ0) is 12.8. The Morgan fingerprint density at radius 2 is 2.12 bits per heavy atom. The summed E-state index contributed by atoms with van der Waals surface area (Å²) in [5, 5.41) is 3.05. The molecule has 5 heteroatoms. The molecule has 0 aliphatic heterocycles. The lowest BCUT2D eigenvalue weighted by atomic mass is 10.0. The highest BCUT2D eigenvalue weighted by molar-refractivity contribution is 9.10. The van der Waals surface area contributed by atoms with Gasteiger partial charge in [-0.3, -0.25) is 0 Å². The third-order valence-electron chi connectivity index (χ3n) is 2.66. The van der Waals surface area contributed by atoms with Crippen molar-refractivity contribution in [3.63, 3.8) is 0 Å². The van der Waals surface area contributed by atoms with Crippen molar-refractivity contribution >= 4 is 15.9 Å². The Balaban J connectivity index is 2.71. The lowest BCUT2D eigenvalue weighted by Crippen LogP contribution is -2.30. The molecule has 2 nitrogen and oxygen atoms in total. The topological polar surface area (TPSA) is 21.3 Å². The molecule has 0 bridgehead atoms. The third-order valence-corrected chi connectivity index (χ3v) is 3.27. The van der Waals surface area contributed by atoms with Crippen molar-refractivity contribution in [2.45, 2.75) is 18.9 Å². The maximum Gasteiger partial charge on any atom is 0.143 e. The van der Waals surface area contributed by atoms with Crippen LogP contribution in [0.25, 0.3) is 0 Å². The Morgan fingerprint density at radius 1 is 1.41 bits per heavy atom. The molecule has 1 aromatic carbocycles. The number of hydrogen-bond acceptors (Lipinski definition) is 2. The summed E-state index contributed by atoms with van der Waals surface area (Å²) < 4.78 is 32.4. The van der Waals surface area contributed by atoms with Crippen molar-refractivity contribution in [2.24, 2.45) is 0 Å². The SMILES string of the molecule is CNC(CCc1c(F)ccc(Br)c1F)COC. The van der Waals surface area contributed by atoms with E-state index < -0.39 is 11.6 Å². The summed E-state index contributed by atoms with van der Waals surface area (Å²) in [6.45, 7) is 0.522. The van der Waals surface area contributed by atoms with Crippen LogP contribution in [0.15, 0.2) is 16.6 Å². The molecule has 1 aromatic rings. The first-order valence-corrected chi connectivity index (χ1v) is 6.18. The lowest BCUT2D eigenvalue weighted by Gasteiger charge is -2.15. The number of benzene rings is 1. The zero-order valence-corrected chi connectivity index (χ0v) is 11.5. The van der Waals surface area contributed by atoms with Gasteiger partial charge in [0.1, 0.15) is 11.6 Å². The van der Waals surface area contributed by atoms with E-state index in [1.807, 2.05) is 0 Å². The maximum atomic E-state index is 13.7. The van der Waals surface area contributed by atoms with Crippen LogP contribution in [0.2, 0.25) is 0 Å². The summed E-state index contributed by atoms with van der Waals surface area (Å²) in [7, 11) is 3.40. The van der Waals surface area contributed by atoms with Gasteiger partial charge in [0.25, 0.3) is 0 Å². The molecule has 96 valence electrons. The number of hydrogen-bond donors (Lipinski definition) is 1. The fourth-order valence-electron chi connectivity index (χ4n) is 1.63. The molecular weight excluding hydrogens is 292 g/mol. The molecule has 1 atom stereocenters. The third kappa shape index (κ3) is 4.01. The van der Waals surface area contributed by atoms with Crippen molar-refractivity contribution in [1.82, 2.24) is 5.32 Å². The highest BCUT2D eigenvalue weighted by Gasteiger charge is 2.14. The summed E-state index contributed by atoms with van der Waals surface area (Å²) in [5.74, 6) is -1.02. The van der Waals surface area contributed by atoms with Gasteiger partial charge in [-0.05, 0) is 48.0 Å². The predicted molar refractivity (Wildman–Crippen MR) is 67.1 cm³/mol. The van der Waals surface area contributed by atoms with Gasteiger partial charge in [0, 0.05) is 18.7 Å². The molecule has 0 saturated carbocycles. The Kier molecular flexibility index (Phi) is 6.02. The first-order chi connectivity index (χ1) is 8.10. The van der Waals surface area contributed by atoms with Crippen LogP contribution in [0.5, 0.6) is 0 Å². The predicted octanol–water partition coefficient (Wildman–Crippen LogP) is 2.89. The first kappa shape index (κ1) is 14.5. The number of rotatable bonds is 6.